The van der Waals surface area contributed by atoms with E-state index >= 15 is 0 Å². The van der Waals surface area contributed by atoms with E-state index in [0.717, 1.165) is 0 Å². The molecule has 0 aromatic heterocycles. The summed E-state index contributed by atoms with van der Waals surface area (Å²) in [5.74, 6) is 1.55. The lowest BCUT2D eigenvalue weighted by atomic mass is 10.2. The number of carbonyl (C=O) groups excluding carboxylic acids is 2. The van der Waals surface area contributed by atoms with Gasteiger partial charge in [0.25, 0.3) is 0 Å². The van der Waals surface area contributed by atoms with E-state index in [0.29, 0.717) is 41.8 Å². The van der Waals surface area contributed by atoms with Crippen LogP contribution in [0.5, 0.6) is 17.2 Å². The number of benzene rings is 2. The fraction of sp³-hybridized carbons (Fsp3) is 0.333. The fourth-order valence-corrected chi connectivity index (χ4v) is 2.81. The van der Waals surface area contributed by atoms with E-state index in [1.165, 1.54) is 0 Å². The van der Waals surface area contributed by atoms with Gasteiger partial charge in [-0.25, -0.2) is 0 Å². The van der Waals surface area contributed by atoms with Crippen molar-refractivity contribution in [3.63, 3.8) is 0 Å². The van der Waals surface area contributed by atoms with Gasteiger partial charge in [-0.15, -0.1) is 0 Å². The van der Waals surface area contributed by atoms with Crippen LogP contribution in [0.2, 0.25) is 0 Å². The van der Waals surface area contributed by atoms with Gasteiger partial charge in [-0.1, -0.05) is 0 Å². The summed E-state index contributed by atoms with van der Waals surface area (Å²) in [5, 5.41) is 5.65. The van der Waals surface area contributed by atoms with Crippen molar-refractivity contribution in [1.82, 2.24) is 4.90 Å². The zero-order valence-electron chi connectivity index (χ0n) is 16.7. The Kier molecular flexibility index (Phi) is 6.56. The third-order valence-electron chi connectivity index (χ3n) is 4.62. The van der Waals surface area contributed by atoms with Gasteiger partial charge >= 0.3 is 0 Å². The van der Waals surface area contributed by atoms with Crippen LogP contribution in [0, 0.1) is 0 Å². The Morgan fingerprint density at radius 2 is 1.69 bits per heavy atom. The van der Waals surface area contributed by atoms with Crippen molar-refractivity contribution in [3.05, 3.63) is 42.5 Å². The van der Waals surface area contributed by atoms with Crippen molar-refractivity contribution in [2.45, 2.75) is 13.0 Å². The van der Waals surface area contributed by atoms with Crippen LogP contribution in [0.4, 0.5) is 11.4 Å². The maximum atomic E-state index is 12.6. The number of rotatable bonds is 7. The lowest BCUT2D eigenvalue weighted by Crippen LogP contribution is -2.43. The predicted octanol–water partition coefficient (Wildman–Crippen LogP) is 2.36. The van der Waals surface area contributed by atoms with E-state index < -0.39 is 6.04 Å². The molecular formula is C21H25N3O5. The minimum atomic E-state index is -0.509. The van der Waals surface area contributed by atoms with Crippen molar-refractivity contribution in [3.8, 4) is 17.2 Å². The molecule has 0 saturated heterocycles. The Balaban J connectivity index is 1.52. The van der Waals surface area contributed by atoms with Crippen LogP contribution in [0.25, 0.3) is 0 Å². The number of anilines is 2. The van der Waals surface area contributed by atoms with Gasteiger partial charge in [0.2, 0.25) is 11.8 Å². The second kappa shape index (κ2) is 9.29. The summed E-state index contributed by atoms with van der Waals surface area (Å²) < 4.78 is 16.1. The van der Waals surface area contributed by atoms with Crippen LogP contribution in [0.15, 0.2) is 42.5 Å². The number of amides is 2. The summed E-state index contributed by atoms with van der Waals surface area (Å²) in [6, 6.07) is 11.8. The van der Waals surface area contributed by atoms with Crippen LogP contribution < -0.4 is 24.8 Å². The highest BCUT2D eigenvalue weighted by atomic mass is 16.6. The predicted molar refractivity (Wildman–Crippen MR) is 110 cm³/mol. The van der Waals surface area contributed by atoms with Crippen molar-refractivity contribution >= 4 is 23.2 Å². The average Bonchev–Trinajstić information content (AvgIpc) is 2.73. The van der Waals surface area contributed by atoms with E-state index in [1.807, 2.05) is 0 Å². The third kappa shape index (κ3) is 5.39. The molecule has 1 aliphatic rings. The fourth-order valence-electron chi connectivity index (χ4n) is 2.81. The molecule has 0 spiro atoms. The molecular weight excluding hydrogens is 374 g/mol. The maximum absolute atomic E-state index is 12.6. The molecule has 0 bridgehead atoms. The quantitative estimate of drug-likeness (QED) is 0.743. The highest BCUT2D eigenvalue weighted by Crippen LogP contribution is 2.32. The second-order valence-electron chi connectivity index (χ2n) is 6.72. The number of methoxy groups -OCH3 is 1. The summed E-state index contributed by atoms with van der Waals surface area (Å²) in [4.78, 5) is 26.5. The number of fused-ring (bicyclic) bond motifs is 1. The molecule has 0 saturated carbocycles. The molecule has 8 heteroatoms. The number of ether oxygens (including phenoxy) is 3. The summed E-state index contributed by atoms with van der Waals surface area (Å²) >= 11 is 0. The van der Waals surface area contributed by atoms with E-state index in [4.69, 9.17) is 14.2 Å². The summed E-state index contributed by atoms with van der Waals surface area (Å²) in [5.41, 5.74) is 1.28. The minimum Gasteiger partial charge on any atom is -0.497 e. The molecule has 1 aliphatic heterocycles. The molecule has 29 heavy (non-hydrogen) atoms. The largest absolute Gasteiger partial charge is 0.497 e. The van der Waals surface area contributed by atoms with Gasteiger partial charge < -0.3 is 24.8 Å². The Morgan fingerprint density at radius 3 is 2.38 bits per heavy atom. The van der Waals surface area contributed by atoms with Crippen LogP contribution in [0.1, 0.15) is 6.92 Å². The molecule has 2 N–H and O–H groups in total. The molecule has 0 aliphatic carbocycles. The first-order valence-corrected chi connectivity index (χ1v) is 9.31. The highest BCUT2D eigenvalue weighted by Gasteiger charge is 2.21. The number of likely N-dealkylation sites (N-methyl/N-ethyl adjacent to an activating group) is 1. The highest BCUT2D eigenvalue weighted by molar-refractivity contribution is 5.96. The van der Waals surface area contributed by atoms with Gasteiger partial charge in [0.15, 0.2) is 11.5 Å². The van der Waals surface area contributed by atoms with Crippen molar-refractivity contribution in [2.75, 3.05) is 44.5 Å². The Labute approximate surface area is 169 Å². The van der Waals surface area contributed by atoms with Gasteiger partial charge in [-0.2, -0.15) is 0 Å². The normalized spacial score (nSPS) is 13.5. The zero-order valence-corrected chi connectivity index (χ0v) is 16.7. The number of carbonyl (C=O) groups is 2. The topological polar surface area (TPSA) is 89.1 Å². The SMILES string of the molecule is COc1ccc(NC(=O)CN(C)[C@H](C)C(=O)Nc2ccc3c(c2)OCCO3)cc1. The third-order valence-corrected chi connectivity index (χ3v) is 4.62. The number of nitrogens with one attached hydrogen (secondary N) is 2. The van der Waals surface area contributed by atoms with Gasteiger partial charge in [-0.05, 0) is 50.4 Å². The van der Waals surface area contributed by atoms with Crippen LogP contribution >= 0.6 is 0 Å². The van der Waals surface area contributed by atoms with Gasteiger partial charge in [0.1, 0.15) is 19.0 Å². The molecule has 0 radical (unpaired) electrons. The maximum Gasteiger partial charge on any atom is 0.241 e. The van der Waals surface area contributed by atoms with E-state index in [2.05, 4.69) is 10.6 Å². The summed E-state index contributed by atoms with van der Waals surface area (Å²) in [6.45, 7) is 2.81. The average molecular weight is 399 g/mol. The Bertz CT molecular complexity index is 869. The molecule has 0 unspecified atom stereocenters. The molecule has 2 amide bonds. The van der Waals surface area contributed by atoms with Crippen LogP contribution in [-0.4, -0.2) is 56.7 Å². The molecule has 1 heterocycles. The molecule has 2 aromatic rings. The van der Waals surface area contributed by atoms with Gasteiger partial charge in [0.05, 0.1) is 19.7 Å². The smallest absolute Gasteiger partial charge is 0.241 e. The standard InChI is InChI=1S/C21H25N3O5/c1-14(21(26)23-16-6-9-18-19(12-16)29-11-10-28-18)24(2)13-20(25)22-15-4-7-17(27-3)8-5-15/h4-9,12,14H,10-11,13H2,1-3H3,(H,22,25)(H,23,26)/t14-/m1/s1. The first-order chi connectivity index (χ1) is 14.0. The molecule has 0 fully saturated rings. The Hall–Kier alpha value is -3.26. The van der Waals surface area contributed by atoms with Crippen molar-refractivity contribution in [2.24, 2.45) is 0 Å². The molecule has 1 atom stereocenters. The summed E-state index contributed by atoms with van der Waals surface area (Å²) in [6.07, 6.45) is 0. The van der Waals surface area contributed by atoms with Crippen molar-refractivity contribution in [1.29, 1.82) is 0 Å². The van der Waals surface area contributed by atoms with E-state index in [1.54, 1.807) is 68.4 Å². The second-order valence-corrected chi connectivity index (χ2v) is 6.72. The first kappa shape index (κ1) is 20.5. The molecule has 154 valence electrons. The molecule has 8 nitrogen and oxygen atoms in total. The zero-order chi connectivity index (χ0) is 20.8. The number of hydrogen-bond donors (Lipinski definition) is 2. The van der Waals surface area contributed by atoms with Crippen molar-refractivity contribution < 1.29 is 23.8 Å². The van der Waals surface area contributed by atoms with Gasteiger partial charge in [0, 0.05) is 17.4 Å². The summed E-state index contributed by atoms with van der Waals surface area (Å²) in [7, 11) is 3.31. The van der Waals surface area contributed by atoms with E-state index in [-0.39, 0.29) is 18.4 Å². The number of hydrogen-bond acceptors (Lipinski definition) is 6. The van der Waals surface area contributed by atoms with Crippen LogP contribution in [0.3, 0.4) is 0 Å². The van der Waals surface area contributed by atoms with Gasteiger partial charge in [-0.3, -0.25) is 14.5 Å². The van der Waals surface area contributed by atoms with E-state index in [9.17, 15) is 9.59 Å². The lowest BCUT2D eigenvalue weighted by Gasteiger charge is -2.24. The lowest BCUT2D eigenvalue weighted by molar-refractivity contribution is -0.122. The van der Waals surface area contributed by atoms with Crippen LogP contribution in [-0.2, 0) is 9.59 Å². The first-order valence-electron chi connectivity index (χ1n) is 9.31. The monoisotopic (exact) mass is 399 g/mol. The number of nitrogens with zero attached hydrogens (tertiary/aromatic N) is 1. The molecule has 2 aromatic carbocycles. The molecule has 3 rings (SSSR count). The Morgan fingerprint density at radius 1 is 1.03 bits per heavy atom. The minimum absolute atomic E-state index is 0.0712.